The normalized spacial score (nSPS) is 17.6. The predicted molar refractivity (Wildman–Crippen MR) is 132 cm³/mol. The molecule has 2 fully saturated rings. The Labute approximate surface area is 202 Å². The molecule has 1 heterocycles. The van der Waals surface area contributed by atoms with Crippen molar-refractivity contribution >= 4 is 11.7 Å². The molecule has 1 saturated heterocycles. The summed E-state index contributed by atoms with van der Waals surface area (Å²) in [5, 5.41) is 11.4. The van der Waals surface area contributed by atoms with Crippen molar-refractivity contribution in [1.82, 2.24) is 5.01 Å². The molecule has 0 amide bonds. The number of methoxy groups -OCH3 is 2. The fourth-order valence-corrected chi connectivity index (χ4v) is 4.99. The van der Waals surface area contributed by atoms with Crippen molar-refractivity contribution in [1.29, 1.82) is 0 Å². The molecule has 2 aromatic rings. The van der Waals surface area contributed by atoms with E-state index >= 15 is 0 Å². The number of benzene rings is 2. The SMILES string of the molecule is COc1cc(-c2ccc(NN3CCC(C(=O)O)CC3)cc2COC2CCCC2)cc(OC)c1C. The van der Waals surface area contributed by atoms with Gasteiger partial charge in [-0.25, -0.2) is 5.01 Å². The summed E-state index contributed by atoms with van der Waals surface area (Å²) in [7, 11) is 3.35. The van der Waals surface area contributed by atoms with Crippen LogP contribution < -0.4 is 14.9 Å². The van der Waals surface area contributed by atoms with Gasteiger partial charge in [-0.3, -0.25) is 4.79 Å². The second kappa shape index (κ2) is 11.1. The summed E-state index contributed by atoms with van der Waals surface area (Å²) in [6, 6.07) is 10.4. The lowest BCUT2D eigenvalue weighted by Crippen LogP contribution is -2.39. The van der Waals surface area contributed by atoms with Gasteiger partial charge < -0.3 is 24.7 Å². The highest BCUT2D eigenvalue weighted by Gasteiger charge is 2.25. The monoisotopic (exact) mass is 468 g/mol. The summed E-state index contributed by atoms with van der Waals surface area (Å²) >= 11 is 0. The molecule has 2 aliphatic rings. The molecule has 4 rings (SSSR count). The third-order valence-corrected chi connectivity index (χ3v) is 7.08. The molecule has 1 aliphatic heterocycles. The molecule has 0 atom stereocenters. The Kier molecular flexibility index (Phi) is 7.95. The van der Waals surface area contributed by atoms with Crippen LogP contribution in [0.25, 0.3) is 11.1 Å². The smallest absolute Gasteiger partial charge is 0.306 e. The maximum atomic E-state index is 11.3. The third-order valence-electron chi connectivity index (χ3n) is 7.08. The Hall–Kier alpha value is -2.77. The molecule has 1 aliphatic carbocycles. The van der Waals surface area contributed by atoms with Crippen molar-refractivity contribution < 1.29 is 24.1 Å². The first-order chi connectivity index (χ1) is 16.5. The highest BCUT2D eigenvalue weighted by Crippen LogP contribution is 2.37. The van der Waals surface area contributed by atoms with Crippen molar-refractivity contribution in [2.75, 3.05) is 32.7 Å². The number of hydrogen-bond acceptors (Lipinski definition) is 6. The van der Waals surface area contributed by atoms with E-state index in [0.717, 1.165) is 52.3 Å². The van der Waals surface area contributed by atoms with E-state index in [1.807, 2.05) is 6.92 Å². The van der Waals surface area contributed by atoms with Crippen LogP contribution in [-0.2, 0) is 16.1 Å². The van der Waals surface area contributed by atoms with Crippen LogP contribution in [0.5, 0.6) is 11.5 Å². The molecule has 1 saturated carbocycles. The number of rotatable bonds is 9. The second-order valence-electron chi connectivity index (χ2n) is 9.31. The van der Waals surface area contributed by atoms with Gasteiger partial charge in [-0.2, -0.15) is 0 Å². The van der Waals surface area contributed by atoms with Gasteiger partial charge in [-0.15, -0.1) is 0 Å². The molecule has 34 heavy (non-hydrogen) atoms. The van der Waals surface area contributed by atoms with E-state index in [-0.39, 0.29) is 5.92 Å². The Morgan fingerprint density at radius 1 is 1.03 bits per heavy atom. The minimum atomic E-state index is -0.695. The van der Waals surface area contributed by atoms with Crippen molar-refractivity contribution in [2.24, 2.45) is 5.92 Å². The molecule has 0 unspecified atom stereocenters. The molecule has 0 spiro atoms. The van der Waals surface area contributed by atoms with Gasteiger partial charge in [0.2, 0.25) is 0 Å². The molecular formula is C27H36N2O5. The molecule has 0 radical (unpaired) electrons. The Balaban J connectivity index is 1.59. The summed E-state index contributed by atoms with van der Waals surface area (Å²) in [4.78, 5) is 11.3. The van der Waals surface area contributed by atoms with Gasteiger partial charge in [0, 0.05) is 24.3 Å². The van der Waals surface area contributed by atoms with Crippen molar-refractivity contribution in [3.63, 3.8) is 0 Å². The summed E-state index contributed by atoms with van der Waals surface area (Å²) in [6.07, 6.45) is 6.34. The maximum absolute atomic E-state index is 11.3. The van der Waals surface area contributed by atoms with E-state index in [1.54, 1.807) is 14.2 Å². The highest BCUT2D eigenvalue weighted by molar-refractivity contribution is 5.74. The molecule has 2 aromatic carbocycles. The number of hydrazine groups is 1. The van der Waals surface area contributed by atoms with Crippen LogP contribution in [0.2, 0.25) is 0 Å². The average molecular weight is 469 g/mol. The average Bonchev–Trinajstić information content (AvgIpc) is 3.37. The predicted octanol–water partition coefficient (Wildman–Crippen LogP) is 5.26. The first-order valence-electron chi connectivity index (χ1n) is 12.2. The Bertz CT molecular complexity index is 970. The summed E-state index contributed by atoms with van der Waals surface area (Å²) in [5.74, 6) is 0.641. The van der Waals surface area contributed by atoms with Crippen LogP contribution >= 0.6 is 0 Å². The standard InChI is InChI=1S/C27H36N2O5/c1-18-25(32-2)15-20(16-26(18)33-3)24-9-8-22(14-21(24)17-34-23-6-4-5-7-23)28-29-12-10-19(11-13-29)27(30)31/h8-9,14-16,19,23,28H,4-7,10-13,17H2,1-3H3,(H,30,31). The number of carboxylic acid groups (broad SMARTS) is 1. The van der Waals surface area contributed by atoms with E-state index in [1.165, 1.54) is 12.8 Å². The van der Waals surface area contributed by atoms with Crippen LogP contribution in [0.15, 0.2) is 30.3 Å². The molecule has 7 nitrogen and oxygen atoms in total. The van der Waals surface area contributed by atoms with Crippen LogP contribution in [0.3, 0.4) is 0 Å². The first-order valence-corrected chi connectivity index (χ1v) is 12.2. The number of piperidine rings is 1. The third kappa shape index (κ3) is 5.65. The largest absolute Gasteiger partial charge is 0.496 e. The van der Waals surface area contributed by atoms with Crippen LogP contribution in [0.1, 0.15) is 49.7 Å². The number of nitrogens with one attached hydrogen (secondary N) is 1. The summed E-state index contributed by atoms with van der Waals surface area (Å²) < 4.78 is 17.5. The molecule has 184 valence electrons. The maximum Gasteiger partial charge on any atom is 0.306 e. The fourth-order valence-electron chi connectivity index (χ4n) is 4.99. The molecule has 0 aromatic heterocycles. The van der Waals surface area contributed by atoms with Crippen molar-refractivity contribution in [3.05, 3.63) is 41.5 Å². The number of ether oxygens (including phenoxy) is 3. The zero-order valence-corrected chi connectivity index (χ0v) is 20.4. The summed E-state index contributed by atoms with van der Waals surface area (Å²) in [6.45, 7) is 3.94. The Morgan fingerprint density at radius 2 is 1.68 bits per heavy atom. The highest BCUT2D eigenvalue weighted by atomic mass is 16.5. The van der Waals surface area contributed by atoms with Crippen LogP contribution in [-0.4, -0.2) is 49.5 Å². The number of anilines is 1. The minimum Gasteiger partial charge on any atom is -0.496 e. The zero-order valence-electron chi connectivity index (χ0n) is 20.4. The van der Waals surface area contributed by atoms with E-state index in [4.69, 9.17) is 14.2 Å². The lowest BCUT2D eigenvalue weighted by Gasteiger charge is -2.31. The zero-order chi connectivity index (χ0) is 24.1. The fraction of sp³-hybridized carbons (Fsp3) is 0.519. The van der Waals surface area contributed by atoms with Gasteiger partial charge >= 0.3 is 5.97 Å². The number of hydrogen-bond donors (Lipinski definition) is 2. The first kappa shape index (κ1) is 24.4. The van der Waals surface area contributed by atoms with Gasteiger partial charge in [-0.1, -0.05) is 18.9 Å². The van der Waals surface area contributed by atoms with Gasteiger partial charge in [-0.05, 0) is 73.6 Å². The van der Waals surface area contributed by atoms with Gasteiger partial charge in [0.05, 0.1) is 32.8 Å². The topological polar surface area (TPSA) is 80.3 Å². The quantitative estimate of drug-likeness (QED) is 0.519. The number of aliphatic carboxylic acids is 1. The molecule has 0 bridgehead atoms. The lowest BCUT2D eigenvalue weighted by molar-refractivity contribution is -0.143. The number of carboxylic acids is 1. The second-order valence-corrected chi connectivity index (χ2v) is 9.31. The van der Waals surface area contributed by atoms with Crippen LogP contribution in [0.4, 0.5) is 5.69 Å². The number of carbonyl (C=O) groups is 1. The van der Waals surface area contributed by atoms with Gasteiger partial charge in [0.15, 0.2) is 0 Å². The lowest BCUT2D eigenvalue weighted by atomic mass is 9.97. The van der Waals surface area contributed by atoms with Gasteiger partial charge in [0.1, 0.15) is 11.5 Å². The van der Waals surface area contributed by atoms with Crippen molar-refractivity contribution in [3.8, 4) is 22.6 Å². The van der Waals surface area contributed by atoms with Crippen LogP contribution in [0, 0.1) is 12.8 Å². The Morgan fingerprint density at radius 3 is 2.26 bits per heavy atom. The molecule has 7 heteroatoms. The van der Waals surface area contributed by atoms with Gasteiger partial charge in [0.25, 0.3) is 0 Å². The van der Waals surface area contributed by atoms with E-state index in [2.05, 4.69) is 40.8 Å². The molecule has 2 N–H and O–H groups in total. The number of nitrogens with zero attached hydrogens (tertiary/aromatic N) is 1. The van der Waals surface area contributed by atoms with E-state index in [9.17, 15) is 9.90 Å². The molecular weight excluding hydrogens is 432 g/mol. The van der Waals surface area contributed by atoms with E-state index < -0.39 is 5.97 Å². The summed E-state index contributed by atoms with van der Waals surface area (Å²) in [5.41, 5.74) is 8.65. The minimum absolute atomic E-state index is 0.248. The van der Waals surface area contributed by atoms with Crippen molar-refractivity contribution in [2.45, 2.75) is 58.2 Å². The van der Waals surface area contributed by atoms with E-state index in [0.29, 0.717) is 38.6 Å².